The average Bonchev–Trinajstić information content (AvgIpc) is 2.20. The summed E-state index contributed by atoms with van der Waals surface area (Å²) >= 11 is 0. The van der Waals surface area contributed by atoms with Crippen LogP contribution in [0.1, 0.15) is 12.5 Å². The van der Waals surface area contributed by atoms with Crippen LogP contribution in [0.4, 0.5) is 11.4 Å². The fraction of sp³-hybridized carbons (Fsp3) is 0.300. The molecule has 0 aliphatic rings. The summed E-state index contributed by atoms with van der Waals surface area (Å²) in [6.45, 7) is 1.02. The van der Waals surface area contributed by atoms with E-state index in [1.807, 2.05) is 0 Å². The molecule has 1 aromatic carbocycles. The van der Waals surface area contributed by atoms with Crippen molar-refractivity contribution in [2.24, 2.45) is 0 Å². The molecule has 8 heteroatoms. The van der Waals surface area contributed by atoms with Gasteiger partial charge in [0.05, 0.1) is 5.69 Å². The molecule has 100 valence electrons. The molecule has 1 rings (SSSR count). The van der Waals surface area contributed by atoms with Crippen molar-refractivity contribution >= 4 is 27.4 Å². The van der Waals surface area contributed by atoms with Crippen LogP contribution in [-0.2, 0) is 21.3 Å². The second kappa shape index (κ2) is 5.34. The molecule has 0 saturated heterocycles. The van der Waals surface area contributed by atoms with Crippen LogP contribution in [0.5, 0.6) is 0 Å². The molecule has 0 unspecified atom stereocenters. The van der Waals surface area contributed by atoms with E-state index in [4.69, 9.17) is 15.4 Å². The summed E-state index contributed by atoms with van der Waals surface area (Å²) in [4.78, 5) is 10.5. The normalized spacial score (nSPS) is 11.3. The summed E-state index contributed by atoms with van der Waals surface area (Å²) in [6, 6.07) is 2.41. The van der Waals surface area contributed by atoms with E-state index >= 15 is 0 Å². The third-order valence-electron chi connectivity index (χ3n) is 2.27. The van der Waals surface area contributed by atoms with Gasteiger partial charge in [0.2, 0.25) is 5.91 Å². The van der Waals surface area contributed by atoms with Crippen LogP contribution >= 0.6 is 0 Å². The van der Waals surface area contributed by atoms with E-state index in [0.29, 0.717) is 5.69 Å². The number of hydrogen-bond donors (Lipinski definition) is 4. The molecule has 0 saturated carbocycles. The molecule has 1 aromatic rings. The Kier molecular flexibility index (Phi) is 4.28. The van der Waals surface area contributed by atoms with Gasteiger partial charge in [-0.15, -0.1) is 0 Å². The number of nitrogen functional groups attached to an aromatic ring is 1. The molecular formula is C10H14N2O5S. The fourth-order valence-corrected chi connectivity index (χ4v) is 2.20. The lowest BCUT2D eigenvalue weighted by atomic mass is 10.1. The van der Waals surface area contributed by atoms with Gasteiger partial charge >= 0.3 is 0 Å². The van der Waals surface area contributed by atoms with Gasteiger partial charge in [0, 0.05) is 24.8 Å². The Hall–Kier alpha value is -1.64. The predicted molar refractivity (Wildman–Crippen MR) is 65.8 cm³/mol. The van der Waals surface area contributed by atoms with E-state index in [9.17, 15) is 13.2 Å². The first kappa shape index (κ1) is 14.4. The van der Waals surface area contributed by atoms with E-state index in [1.165, 1.54) is 13.0 Å². The average molecular weight is 274 g/mol. The number of nitrogens with one attached hydrogen (secondary N) is 1. The first-order valence-electron chi connectivity index (χ1n) is 5.04. The van der Waals surface area contributed by atoms with Crippen molar-refractivity contribution in [2.45, 2.75) is 18.2 Å². The van der Waals surface area contributed by atoms with Gasteiger partial charge in [-0.3, -0.25) is 9.35 Å². The van der Waals surface area contributed by atoms with E-state index in [2.05, 4.69) is 5.32 Å². The molecule has 0 radical (unpaired) electrons. The quantitative estimate of drug-likeness (QED) is 0.452. The van der Waals surface area contributed by atoms with E-state index in [-0.39, 0.29) is 30.2 Å². The van der Waals surface area contributed by atoms with Crippen molar-refractivity contribution in [2.75, 3.05) is 17.7 Å². The van der Waals surface area contributed by atoms with Crippen LogP contribution < -0.4 is 11.1 Å². The maximum absolute atomic E-state index is 11.1. The largest absolute Gasteiger partial charge is 0.397 e. The van der Waals surface area contributed by atoms with Gasteiger partial charge in [-0.1, -0.05) is 0 Å². The Morgan fingerprint density at radius 2 is 2.06 bits per heavy atom. The zero-order valence-corrected chi connectivity index (χ0v) is 10.5. The van der Waals surface area contributed by atoms with Gasteiger partial charge in [-0.2, -0.15) is 8.42 Å². The van der Waals surface area contributed by atoms with Crippen LogP contribution in [0.15, 0.2) is 17.0 Å². The van der Waals surface area contributed by atoms with Gasteiger partial charge in [-0.05, 0) is 18.6 Å². The number of aliphatic hydroxyl groups is 1. The predicted octanol–water partition coefficient (Wildman–Crippen LogP) is 0.00870. The summed E-state index contributed by atoms with van der Waals surface area (Å²) in [6.07, 6.45) is 0.0603. The molecule has 0 aliphatic heterocycles. The molecule has 0 spiro atoms. The maximum Gasteiger partial charge on any atom is 0.296 e. The Bertz CT molecular complexity index is 568. The van der Waals surface area contributed by atoms with Gasteiger partial charge in [0.1, 0.15) is 4.90 Å². The topological polar surface area (TPSA) is 130 Å². The lowest BCUT2D eigenvalue weighted by Crippen LogP contribution is -2.13. The molecule has 0 heterocycles. The summed E-state index contributed by atoms with van der Waals surface area (Å²) in [5, 5.41) is 11.4. The monoisotopic (exact) mass is 274 g/mol. The van der Waals surface area contributed by atoms with E-state index < -0.39 is 15.0 Å². The number of hydrogen-bond acceptors (Lipinski definition) is 5. The number of aliphatic hydroxyl groups excluding tert-OH is 1. The first-order chi connectivity index (χ1) is 8.27. The zero-order valence-electron chi connectivity index (χ0n) is 9.67. The number of carbonyl (C=O) groups is 1. The van der Waals surface area contributed by atoms with Crippen molar-refractivity contribution < 1.29 is 22.9 Å². The number of rotatable bonds is 4. The van der Waals surface area contributed by atoms with Crippen molar-refractivity contribution in [3.63, 3.8) is 0 Å². The van der Waals surface area contributed by atoms with Crippen LogP contribution in [0, 0.1) is 0 Å². The van der Waals surface area contributed by atoms with Crippen molar-refractivity contribution in [1.82, 2.24) is 0 Å². The highest BCUT2D eigenvalue weighted by atomic mass is 32.2. The highest BCUT2D eigenvalue weighted by Gasteiger charge is 2.19. The summed E-state index contributed by atoms with van der Waals surface area (Å²) < 4.78 is 31.1. The molecule has 0 atom stereocenters. The van der Waals surface area contributed by atoms with Crippen LogP contribution in [0.3, 0.4) is 0 Å². The summed E-state index contributed by atoms with van der Waals surface area (Å²) in [5.74, 6) is -0.354. The molecule has 7 nitrogen and oxygen atoms in total. The number of nitrogens with two attached hydrogens (primary N) is 1. The summed E-state index contributed by atoms with van der Waals surface area (Å²) in [7, 11) is -4.44. The molecule has 5 N–H and O–H groups in total. The molecule has 18 heavy (non-hydrogen) atoms. The molecule has 0 fully saturated rings. The Morgan fingerprint density at radius 1 is 1.44 bits per heavy atom. The zero-order chi connectivity index (χ0) is 13.9. The van der Waals surface area contributed by atoms with Crippen LogP contribution in [0.2, 0.25) is 0 Å². The SMILES string of the molecule is CC(=O)Nc1ccc(S(=O)(=O)O)c(N)c1CCO. The molecular weight excluding hydrogens is 260 g/mol. The summed E-state index contributed by atoms with van der Waals surface area (Å²) in [5.41, 5.74) is 6.02. The van der Waals surface area contributed by atoms with E-state index in [1.54, 1.807) is 0 Å². The van der Waals surface area contributed by atoms with E-state index in [0.717, 1.165) is 6.07 Å². The Balaban J connectivity index is 3.41. The van der Waals surface area contributed by atoms with Gasteiger partial charge < -0.3 is 16.2 Å². The van der Waals surface area contributed by atoms with Gasteiger partial charge in [0.25, 0.3) is 10.1 Å². The number of anilines is 2. The highest BCUT2D eigenvalue weighted by molar-refractivity contribution is 7.86. The minimum atomic E-state index is -4.44. The fourth-order valence-electron chi connectivity index (χ4n) is 1.56. The third kappa shape index (κ3) is 3.19. The lowest BCUT2D eigenvalue weighted by Gasteiger charge is -2.14. The van der Waals surface area contributed by atoms with Crippen LogP contribution in [0.25, 0.3) is 0 Å². The van der Waals surface area contributed by atoms with Crippen molar-refractivity contribution in [3.05, 3.63) is 17.7 Å². The lowest BCUT2D eigenvalue weighted by molar-refractivity contribution is -0.114. The first-order valence-corrected chi connectivity index (χ1v) is 6.48. The molecule has 0 aliphatic carbocycles. The highest BCUT2D eigenvalue weighted by Crippen LogP contribution is 2.29. The second-order valence-electron chi connectivity index (χ2n) is 3.63. The van der Waals surface area contributed by atoms with Crippen molar-refractivity contribution in [1.29, 1.82) is 0 Å². The minimum Gasteiger partial charge on any atom is -0.397 e. The second-order valence-corrected chi connectivity index (χ2v) is 5.02. The minimum absolute atomic E-state index is 0.0603. The van der Waals surface area contributed by atoms with Crippen molar-refractivity contribution in [3.8, 4) is 0 Å². The Morgan fingerprint density at radius 3 is 2.50 bits per heavy atom. The number of carbonyl (C=O) groups excluding carboxylic acids is 1. The molecule has 0 bridgehead atoms. The number of amides is 1. The molecule has 1 amide bonds. The maximum atomic E-state index is 11.1. The third-order valence-corrected chi connectivity index (χ3v) is 3.18. The smallest absolute Gasteiger partial charge is 0.296 e. The van der Waals surface area contributed by atoms with Gasteiger partial charge in [-0.25, -0.2) is 0 Å². The Labute approximate surface area is 104 Å². The number of benzene rings is 1. The standard InChI is InChI=1S/C10H14N2O5S/c1-6(14)12-8-2-3-9(18(15,16)17)10(11)7(8)4-5-13/h2-3,13H,4-5,11H2,1H3,(H,12,14)(H,15,16,17). The molecule has 0 aromatic heterocycles. The van der Waals surface area contributed by atoms with Crippen LogP contribution in [-0.4, -0.2) is 30.6 Å². The van der Waals surface area contributed by atoms with Gasteiger partial charge in [0.15, 0.2) is 0 Å².